The second kappa shape index (κ2) is 1.63. The molecule has 9 heavy (non-hydrogen) atoms. The van der Waals surface area contributed by atoms with Crippen LogP contribution in [0, 0.1) is 0 Å². The Morgan fingerprint density at radius 3 is 2.89 bits per heavy atom. The first-order chi connectivity index (χ1) is 4.40. The molecule has 0 aromatic carbocycles. The fourth-order valence-electron chi connectivity index (χ4n) is 1.53. The van der Waals surface area contributed by atoms with Crippen LogP contribution in [0.5, 0.6) is 0 Å². The third-order valence-electron chi connectivity index (χ3n) is 2.06. The van der Waals surface area contributed by atoms with Crippen molar-refractivity contribution < 1.29 is 4.74 Å². The molecule has 1 heterocycles. The zero-order chi connectivity index (χ0) is 6.27. The molecule has 1 nitrogen and oxygen atoms in total. The molecule has 1 saturated carbocycles. The van der Waals surface area contributed by atoms with Crippen LogP contribution in [0.2, 0.25) is 0 Å². The summed E-state index contributed by atoms with van der Waals surface area (Å²) in [4.78, 5) is 0. The van der Waals surface area contributed by atoms with Crippen LogP contribution in [0.3, 0.4) is 0 Å². The molecule has 1 fully saturated rings. The standard InChI is InChI=1S/C8H10O/c1-2-6-3-8-4-7(6)5-9-8/h2,5,8H,3-4H2,1H3. The van der Waals surface area contributed by atoms with E-state index in [-0.39, 0.29) is 0 Å². The van der Waals surface area contributed by atoms with Crippen molar-refractivity contribution in [3.8, 4) is 0 Å². The van der Waals surface area contributed by atoms with E-state index < -0.39 is 0 Å². The fourth-order valence-corrected chi connectivity index (χ4v) is 1.53. The molecule has 0 saturated heterocycles. The van der Waals surface area contributed by atoms with Crippen LogP contribution in [0.4, 0.5) is 0 Å². The highest BCUT2D eigenvalue weighted by atomic mass is 16.5. The minimum atomic E-state index is 0.492. The lowest BCUT2D eigenvalue weighted by atomic mass is 10.1. The zero-order valence-corrected chi connectivity index (χ0v) is 5.55. The largest absolute Gasteiger partial charge is 0.497 e. The van der Waals surface area contributed by atoms with Gasteiger partial charge in [-0.25, -0.2) is 0 Å². The molecule has 0 aromatic rings. The van der Waals surface area contributed by atoms with Crippen molar-refractivity contribution in [2.45, 2.75) is 25.9 Å². The molecular formula is C8H10O. The SMILES string of the molecule is CC=C1CC2CC1=CO2. The fraction of sp³-hybridized carbons (Fsp3) is 0.500. The molecule has 1 aliphatic carbocycles. The molecule has 0 aromatic heterocycles. The number of fused-ring (bicyclic) bond motifs is 2. The zero-order valence-electron chi connectivity index (χ0n) is 5.55. The van der Waals surface area contributed by atoms with E-state index in [1.807, 2.05) is 6.26 Å². The first-order valence-corrected chi connectivity index (χ1v) is 3.40. The summed E-state index contributed by atoms with van der Waals surface area (Å²) in [6.45, 7) is 2.09. The summed E-state index contributed by atoms with van der Waals surface area (Å²) in [5, 5.41) is 0. The van der Waals surface area contributed by atoms with E-state index in [0.29, 0.717) is 6.10 Å². The summed E-state index contributed by atoms with van der Waals surface area (Å²) in [7, 11) is 0. The number of rotatable bonds is 0. The Hall–Kier alpha value is -0.720. The van der Waals surface area contributed by atoms with Gasteiger partial charge in [-0.3, -0.25) is 0 Å². The lowest BCUT2D eigenvalue weighted by molar-refractivity contribution is 0.173. The van der Waals surface area contributed by atoms with Crippen LogP contribution in [-0.4, -0.2) is 6.10 Å². The lowest BCUT2D eigenvalue weighted by Gasteiger charge is -2.06. The molecule has 1 heteroatoms. The molecule has 1 aliphatic heterocycles. The normalized spacial score (nSPS) is 35.0. The molecule has 2 rings (SSSR count). The van der Waals surface area contributed by atoms with Gasteiger partial charge in [-0.15, -0.1) is 0 Å². The molecule has 1 unspecified atom stereocenters. The van der Waals surface area contributed by atoms with Crippen LogP contribution in [0.25, 0.3) is 0 Å². The highest BCUT2D eigenvalue weighted by Crippen LogP contribution is 2.37. The number of hydrogen-bond acceptors (Lipinski definition) is 1. The second-order valence-electron chi connectivity index (χ2n) is 2.62. The Morgan fingerprint density at radius 2 is 2.56 bits per heavy atom. The smallest absolute Gasteiger partial charge is 0.106 e. The maximum Gasteiger partial charge on any atom is 0.106 e. The van der Waals surface area contributed by atoms with Crippen LogP contribution in [0.1, 0.15) is 19.8 Å². The molecular weight excluding hydrogens is 112 g/mol. The summed E-state index contributed by atoms with van der Waals surface area (Å²) in [6.07, 6.45) is 6.88. The Bertz CT molecular complexity index is 189. The van der Waals surface area contributed by atoms with E-state index >= 15 is 0 Å². The van der Waals surface area contributed by atoms with Gasteiger partial charge >= 0.3 is 0 Å². The van der Waals surface area contributed by atoms with Gasteiger partial charge < -0.3 is 4.74 Å². The predicted molar refractivity (Wildman–Crippen MR) is 35.9 cm³/mol. The topological polar surface area (TPSA) is 9.23 Å². The average Bonchev–Trinajstić information content (AvgIpc) is 2.45. The summed E-state index contributed by atoms with van der Waals surface area (Å²) in [6, 6.07) is 0. The molecule has 0 spiro atoms. The Kier molecular flexibility index (Phi) is 0.922. The molecule has 48 valence electrons. The van der Waals surface area contributed by atoms with Crippen LogP contribution in [0.15, 0.2) is 23.5 Å². The van der Waals surface area contributed by atoms with Gasteiger partial charge in [-0.2, -0.15) is 0 Å². The second-order valence-corrected chi connectivity index (χ2v) is 2.62. The predicted octanol–water partition coefficient (Wildman–Crippen LogP) is 2.01. The highest BCUT2D eigenvalue weighted by molar-refractivity contribution is 5.38. The molecule has 0 N–H and O–H groups in total. The average molecular weight is 122 g/mol. The number of ether oxygens (including phenoxy) is 1. The number of allylic oxidation sites excluding steroid dienone is 1. The van der Waals surface area contributed by atoms with E-state index in [0.717, 1.165) is 12.8 Å². The van der Waals surface area contributed by atoms with Crippen molar-refractivity contribution in [2.75, 3.05) is 0 Å². The van der Waals surface area contributed by atoms with E-state index in [4.69, 9.17) is 4.74 Å². The van der Waals surface area contributed by atoms with Gasteiger partial charge in [-0.1, -0.05) is 6.08 Å². The first-order valence-electron chi connectivity index (χ1n) is 3.40. The van der Waals surface area contributed by atoms with Crippen molar-refractivity contribution in [2.24, 2.45) is 0 Å². The van der Waals surface area contributed by atoms with Crippen LogP contribution in [-0.2, 0) is 4.74 Å². The quantitative estimate of drug-likeness (QED) is 0.477. The minimum absolute atomic E-state index is 0.492. The third-order valence-corrected chi connectivity index (χ3v) is 2.06. The van der Waals surface area contributed by atoms with E-state index in [2.05, 4.69) is 13.0 Å². The molecule has 0 radical (unpaired) electrons. The monoisotopic (exact) mass is 122 g/mol. The van der Waals surface area contributed by atoms with Gasteiger partial charge in [-0.05, 0) is 18.1 Å². The first kappa shape index (κ1) is 5.10. The molecule has 1 atom stereocenters. The maximum absolute atomic E-state index is 5.28. The van der Waals surface area contributed by atoms with Crippen molar-refractivity contribution in [1.82, 2.24) is 0 Å². The molecule has 2 bridgehead atoms. The lowest BCUT2D eigenvalue weighted by Crippen LogP contribution is -1.99. The van der Waals surface area contributed by atoms with Gasteiger partial charge in [0.25, 0.3) is 0 Å². The van der Waals surface area contributed by atoms with Gasteiger partial charge in [0.15, 0.2) is 0 Å². The van der Waals surface area contributed by atoms with Crippen LogP contribution < -0.4 is 0 Å². The molecule has 2 aliphatic rings. The van der Waals surface area contributed by atoms with Gasteiger partial charge in [0, 0.05) is 12.8 Å². The van der Waals surface area contributed by atoms with Gasteiger partial charge in [0.2, 0.25) is 0 Å². The van der Waals surface area contributed by atoms with E-state index in [9.17, 15) is 0 Å². The van der Waals surface area contributed by atoms with Gasteiger partial charge in [0.05, 0.1) is 6.26 Å². The van der Waals surface area contributed by atoms with Crippen LogP contribution >= 0.6 is 0 Å². The minimum Gasteiger partial charge on any atom is -0.497 e. The third kappa shape index (κ3) is 0.607. The van der Waals surface area contributed by atoms with Crippen molar-refractivity contribution >= 4 is 0 Å². The highest BCUT2D eigenvalue weighted by Gasteiger charge is 2.29. The Labute approximate surface area is 55.0 Å². The van der Waals surface area contributed by atoms with Gasteiger partial charge in [0.1, 0.15) is 6.10 Å². The Balaban J connectivity index is 2.34. The van der Waals surface area contributed by atoms with Crippen molar-refractivity contribution in [3.05, 3.63) is 23.5 Å². The van der Waals surface area contributed by atoms with E-state index in [1.54, 1.807) is 0 Å². The summed E-state index contributed by atoms with van der Waals surface area (Å²) in [5.74, 6) is 0. The van der Waals surface area contributed by atoms with Crippen molar-refractivity contribution in [1.29, 1.82) is 0 Å². The maximum atomic E-state index is 5.28. The Morgan fingerprint density at radius 1 is 1.67 bits per heavy atom. The van der Waals surface area contributed by atoms with E-state index in [1.165, 1.54) is 11.1 Å². The summed E-state index contributed by atoms with van der Waals surface area (Å²) < 4.78 is 5.28. The summed E-state index contributed by atoms with van der Waals surface area (Å²) >= 11 is 0. The number of hydrogen-bond donors (Lipinski definition) is 0. The molecule has 0 amide bonds. The summed E-state index contributed by atoms with van der Waals surface area (Å²) in [5.41, 5.74) is 2.91. The van der Waals surface area contributed by atoms with Crippen molar-refractivity contribution in [3.63, 3.8) is 0 Å².